The first-order valence-corrected chi connectivity index (χ1v) is 7.25. The van der Waals surface area contributed by atoms with Crippen LogP contribution in [-0.4, -0.2) is 42.0 Å². The molecule has 0 bridgehead atoms. The third-order valence-corrected chi connectivity index (χ3v) is 3.89. The lowest BCUT2D eigenvalue weighted by Gasteiger charge is -2.36. The second-order valence-electron chi connectivity index (χ2n) is 5.21. The summed E-state index contributed by atoms with van der Waals surface area (Å²) in [5, 5.41) is 0. The van der Waals surface area contributed by atoms with Crippen LogP contribution < -0.4 is 5.73 Å². The summed E-state index contributed by atoms with van der Waals surface area (Å²) in [4.78, 5) is 26.0. The van der Waals surface area contributed by atoms with Crippen molar-refractivity contribution in [2.75, 3.05) is 13.2 Å². The Hall–Kier alpha value is -1.10. The lowest BCUT2D eigenvalue weighted by atomic mass is 9.95. The molecule has 19 heavy (non-hydrogen) atoms. The largest absolute Gasteiger partial charge is 0.464 e. The van der Waals surface area contributed by atoms with Crippen LogP contribution in [-0.2, 0) is 14.3 Å². The Kier molecular flexibility index (Phi) is 6.28. The van der Waals surface area contributed by atoms with Gasteiger partial charge in [0, 0.05) is 6.54 Å². The molecule has 0 saturated carbocycles. The highest BCUT2D eigenvalue weighted by Gasteiger charge is 2.36. The number of rotatable bonds is 5. The molecule has 0 aromatic heterocycles. The molecule has 1 aliphatic rings. The molecule has 3 atom stereocenters. The van der Waals surface area contributed by atoms with Gasteiger partial charge in [0.2, 0.25) is 5.91 Å². The van der Waals surface area contributed by atoms with Crippen molar-refractivity contribution in [1.29, 1.82) is 0 Å². The Morgan fingerprint density at radius 3 is 2.63 bits per heavy atom. The van der Waals surface area contributed by atoms with Gasteiger partial charge < -0.3 is 15.4 Å². The summed E-state index contributed by atoms with van der Waals surface area (Å²) in [5.41, 5.74) is 6.00. The maximum atomic E-state index is 12.4. The van der Waals surface area contributed by atoms with Crippen LogP contribution in [0.25, 0.3) is 0 Å². The first-order chi connectivity index (χ1) is 9.02. The number of ether oxygens (including phenoxy) is 1. The maximum Gasteiger partial charge on any atom is 0.328 e. The quantitative estimate of drug-likeness (QED) is 0.764. The van der Waals surface area contributed by atoms with E-state index in [9.17, 15) is 9.59 Å². The predicted molar refractivity (Wildman–Crippen MR) is 73.4 cm³/mol. The van der Waals surface area contributed by atoms with E-state index in [1.54, 1.807) is 11.8 Å². The van der Waals surface area contributed by atoms with Crippen LogP contribution in [0.2, 0.25) is 0 Å². The van der Waals surface area contributed by atoms with Crippen LogP contribution in [0, 0.1) is 5.92 Å². The van der Waals surface area contributed by atoms with E-state index < -0.39 is 12.1 Å². The van der Waals surface area contributed by atoms with Gasteiger partial charge in [-0.15, -0.1) is 0 Å². The summed E-state index contributed by atoms with van der Waals surface area (Å²) in [6, 6.07) is -0.976. The number of likely N-dealkylation sites (tertiary alicyclic amines) is 1. The molecule has 0 radical (unpaired) electrons. The van der Waals surface area contributed by atoms with Crippen LogP contribution in [0.4, 0.5) is 0 Å². The summed E-state index contributed by atoms with van der Waals surface area (Å²) in [7, 11) is 0. The Balaban J connectivity index is 2.76. The number of piperidine rings is 1. The minimum atomic E-state index is -0.528. The Labute approximate surface area is 115 Å². The van der Waals surface area contributed by atoms with E-state index in [0.29, 0.717) is 19.6 Å². The average Bonchev–Trinajstić information content (AvgIpc) is 2.45. The van der Waals surface area contributed by atoms with Crippen LogP contribution in [0.3, 0.4) is 0 Å². The van der Waals surface area contributed by atoms with Crippen molar-refractivity contribution < 1.29 is 14.3 Å². The van der Waals surface area contributed by atoms with Crippen LogP contribution in [0.15, 0.2) is 0 Å². The second kappa shape index (κ2) is 7.48. The van der Waals surface area contributed by atoms with E-state index in [1.165, 1.54) is 0 Å². The Morgan fingerprint density at radius 1 is 1.37 bits per heavy atom. The van der Waals surface area contributed by atoms with Crippen LogP contribution in [0.1, 0.15) is 46.5 Å². The number of amides is 1. The number of carbonyl (C=O) groups excluding carboxylic acids is 2. The van der Waals surface area contributed by atoms with E-state index >= 15 is 0 Å². The molecule has 1 saturated heterocycles. The van der Waals surface area contributed by atoms with Gasteiger partial charge in [0.05, 0.1) is 12.6 Å². The SMILES string of the molecule is CCOC(=O)C1CCCCN1C(=O)[C@@H](N)[C@@H](C)CC. The van der Waals surface area contributed by atoms with Crippen LogP contribution >= 0.6 is 0 Å². The van der Waals surface area contributed by atoms with Gasteiger partial charge in [0.1, 0.15) is 6.04 Å². The van der Waals surface area contributed by atoms with Gasteiger partial charge >= 0.3 is 5.97 Å². The van der Waals surface area contributed by atoms with Gasteiger partial charge in [-0.3, -0.25) is 4.79 Å². The molecule has 5 nitrogen and oxygen atoms in total. The van der Waals surface area contributed by atoms with Gasteiger partial charge in [-0.25, -0.2) is 4.79 Å². The number of nitrogens with two attached hydrogens (primary N) is 1. The van der Waals surface area contributed by atoms with E-state index in [-0.39, 0.29) is 17.8 Å². The van der Waals surface area contributed by atoms with E-state index in [1.807, 2.05) is 13.8 Å². The normalized spacial score (nSPS) is 22.7. The fraction of sp³-hybridized carbons (Fsp3) is 0.857. The molecule has 1 aliphatic heterocycles. The molecule has 2 N–H and O–H groups in total. The van der Waals surface area contributed by atoms with E-state index in [0.717, 1.165) is 19.3 Å². The molecule has 5 heteroatoms. The number of nitrogens with zero attached hydrogens (tertiary/aromatic N) is 1. The minimum absolute atomic E-state index is 0.118. The topological polar surface area (TPSA) is 72.6 Å². The number of hydrogen-bond donors (Lipinski definition) is 1. The maximum absolute atomic E-state index is 12.4. The molecule has 0 aromatic rings. The summed E-state index contributed by atoms with van der Waals surface area (Å²) in [6.07, 6.45) is 3.41. The smallest absolute Gasteiger partial charge is 0.328 e. The van der Waals surface area contributed by atoms with Gasteiger partial charge in [0.15, 0.2) is 0 Å². The van der Waals surface area contributed by atoms with Crippen molar-refractivity contribution in [3.8, 4) is 0 Å². The highest BCUT2D eigenvalue weighted by atomic mass is 16.5. The van der Waals surface area contributed by atoms with Gasteiger partial charge in [0.25, 0.3) is 0 Å². The van der Waals surface area contributed by atoms with Crippen molar-refractivity contribution >= 4 is 11.9 Å². The summed E-state index contributed by atoms with van der Waals surface area (Å²) >= 11 is 0. The van der Waals surface area contributed by atoms with Crippen LogP contribution in [0.5, 0.6) is 0 Å². The second-order valence-corrected chi connectivity index (χ2v) is 5.21. The molecule has 1 rings (SSSR count). The molecular weight excluding hydrogens is 244 g/mol. The third-order valence-electron chi connectivity index (χ3n) is 3.89. The lowest BCUT2D eigenvalue weighted by Crippen LogP contribution is -2.55. The number of carbonyl (C=O) groups is 2. The molecule has 0 spiro atoms. The molecule has 1 unspecified atom stereocenters. The zero-order chi connectivity index (χ0) is 14.4. The van der Waals surface area contributed by atoms with Gasteiger partial charge in [-0.05, 0) is 32.1 Å². The van der Waals surface area contributed by atoms with Gasteiger partial charge in [-0.1, -0.05) is 20.3 Å². The zero-order valence-electron chi connectivity index (χ0n) is 12.2. The number of esters is 1. The molecular formula is C14H26N2O3. The molecule has 1 fully saturated rings. The highest BCUT2D eigenvalue weighted by molar-refractivity contribution is 5.87. The standard InChI is InChI=1S/C14H26N2O3/c1-4-10(3)12(15)13(17)16-9-7-6-8-11(16)14(18)19-5-2/h10-12H,4-9,15H2,1-3H3/t10-,11?,12-/m0/s1. The Bertz CT molecular complexity index is 320. The lowest BCUT2D eigenvalue weighted by molar-refractivity contribution is -0.157. The first kappa shape index (κ1) is 16.0. The number of hydrogen-bond acceptors (Lipinski definition) is 4. The van der Waals surface area contributed by atoms with Gasteiger partial charge in [-0.2, -0.15) is 0 Å². The van der Waals surface area contributed by atoms with E-state index in [4.69, 9.17) is 10.5 Å². The minimum Gasteiger partial charge on any atom is -0.464 e. The monoisotopic (exact) mass is 270 g/mol. The summed E-state index contributed by atoms with van der Waals surface area (Å²) in [5.74, 6) is -0.295. The summed E-state index contributed by atoms with van der Waals surface area (Å²) in [6.45, 7) is 6.70. The highest BCUT2D eigenvalue weighted by Crippen LogP contribution is 2.20. The molecule has 0 aromatic carbocycles. The fourth-order valence-corrected chi connectivity index (χ4v) is 2.37. The predicted octanol–water partition coefficient (Wildman–Crippen LogP) is 1.30. The molecule has 1 amide bonds. The van der Waals surface area contributed by atoms with Crippen molar-refractivity contribution in [3.63, 3.8) is 0 Å². The van der Waals surface area contributed by atoms with Crippen molar-refractivity contribution in [3.05, 3.63) is 0 Å². The van der Waals surface area contributed by atoms with Crippen molar-refractivity contribution in [1.82, 2.24) is 4.90 Å². The zero-order valence-corrected chi connectivity index (χ0v) is 12.2. The molecule has 0 aliphatic carbocycles. The Morgan fingerprint density at radius 2 is 2.05 bits per heavy atom. The average molecular weight is 270 g/mol. The van der Waals surface area contributed by atoms with E-state index in [2.05, 4.69) is 0 Å². The fourth-order valence-electron chi connectivity index (χ4n) is 2.37. The van der Waals surface area contributed by atoms with Crippen molar-refractivity contribution in [2.24, 2.45) is 11.7 Å². The van der Waals surface area contributed by atoms with Crippen molar-refractivity contribution in [2.45, 2.75) is 58.5 Å². The summed E-state index contributed by atoms with van der Waals surface area (Å²) < 4.78 is 5.05. The molecule has 110 valence electrons. The first-order valence-electron chi connectivity index (χ1n) is 7.25. The molecule has 1 heterocycles. The third kappa shape index (κ3) is 3.93.